The predicted octanol–water partition coefficient (Wildman–Crippen LogP) is 2.32. The molecule has 0 radical (unpaired) electrons. The lowest BCUT2D eigenvalue weighted by molar-refractivity contribution is 0.0939. The molecule has 9 heteroatoms. The van der Waals surface area contributed by atoms with Crippen molar-refractivity contribution >= 4 is 35.1 Å². The Morgan fingerprint density at radius 3 is 2.56 bits per heavy atom. The molecule has 0 spiro atoms. The number of rotatable bonds is 4. The van der Waals surface area contributed by atoms with Crippen molar-refractivity contribution in [2.75, 3.05) is 38.1 Å². The zero-order valence-electron chi connectivity index (χ0n) is 15.1. The summed E-state index contributed by atoms with van der Waals surface area (Å²) in [6.07, 6.45) is 0. The normalized spacial score (nSPS) is 16.2. The van der Waals surface area contributed by atoms with Gasteiger partial charge in [0.05, 0.1) is 21.8 Å². The molecule has 7 nitrogen and oxygen atoms in total. The molecule has 2 heterocycles. The van der Waals surface area contributed by atoms with Gasteiger partial charge in [-0.3, -0.25) is 14.6 Å². The molecule has 0 saturated carbocycles. The van der Waals surface area contributed by atoms with Gasteiger partial charge in [-0.1, -0.05) is 23.2 Å². The van der Waals surface area contributed by atoms with E-state index in [-0.39, 0.29) is 11.5 Å². The van der Waals surface area contributed by atoms with Crippen LogP contribution >= 0.6 is 23.2 Å². The molecule has 27 heavy (non-hydrogen) atoms. The maximum atomic E-state index is 12.5. The first kappa shape index (κ1) is 19.7. The number of hydrogen-bond acceptors (Lipinski definition) is 5. The van der Waals surface area contributed by atoms with Crippen LogP contribution in [0, 0.1) is 0 Å². The lowest BCUT2D eigenvalue weighted by Crippen LogP contribution is -2.45. The third-order valence-corrected chi connectivity index (χ3v) is 5.26. The van der Waals surface area contributed by atoms with Gasteiger partial charge in [0.25, 0.3) is 11.5 Å². The summed E-state index contributed by atoms with van der Waals surface area (Å²) in [6.45, 7) is 5.15. The van der Waals surface area contributed by atoms with E-state index in [0.717, 1.165) is 26.2 Å². The Balaban J connectivity index is 1.76. The van der Waals surface area contributed by atoms with Gasteiger partial charge >= 0.3 is 0 Å². The van der Waals surface area contributed by atoms with Gasteiger partial charge in [0.15, 0.2) is 0 Å². The zero-order valence-corrected chi connectivity index (χ0v) is 16.6. The number of nitrogens with one attached hydrogen (secondary N) is 2. The number of halogens is 2. The van der Waals surface area contributed by atoms with Crippen molar-refractivity contribution in [1.29, 1.82) is 0 Å². The Morgan fingerprint density at radius 2 is 1.89 bits per heavy atom. The molecule has 3 rings (SSSR count). The third kappa shape index (κ3) is 4.80. The summed E-state index contributed by atoms with van der Waals surface area (Å²) in [5, 5.41) is 3.53. The fourth-order valence-electron chi connectivity index (χ4n) is 2.84. The number of hydrogen-bond donors (Lipinski definition) is 2. The van der Waals surface area contributed by atoms with Gasteiger partial charge in [-0.15, -0.1) is 0 Å². The number of H-pyrrole nitrogens is 1. The monoisotopic (exact) mass is 409 g/mol. The molecule has 1 amide bonds. The van der Waals surface area contributed by atoms with Crippen LogP contribution in [-0.4, -0.2) is 54.0 Å². The average molecular weight is 410 g/mol. The number of anilines is 1. The molecular weight excluding hydrogens is 389 g/mol. The molecule has 1 aromatic heterocycles. The first-order valence-corrected chi connectivity index (χ1v) is 9.40. The molecular formula is C18H21Cl2N5O2. The molecule has 0 aliphatic carbocycles. The van der Waals surface area contributed by atoms with Crippen LogP contribution in [0.5, 0.6) is 0 Å². The van der Waals surface area contributed by atoms with Crippen molar-refractivity contribution < 1.29 is 4.79 Å². The molecule has 1 aliphatic heterocycles. The van der Waals surface area contributed by atoms with Gasteiger partial charge in [0.1, 0.15) is 0 Å². The maximum absolute atomic E-state index is 12.5. The number of carbonyl (C=O) groups is 1. The number of aromatic nitrogens is 2. The van der Waals surface area contributed by atoms with Gasteiger partial charge in [-0.25, -0.2) is 4.98 Å². The first-order valence-electron chi connectivity index (χ1n) is 8.64. The predicted molar refractivity (Wildman–Crippen MR) is 107 cm³/mol. The Bertz CT molecular complexity index is 894. The van der Waals surface area contributed by atoms with Crippen LogP contribution in [0.2, 0.25) is 10.0 Å². The second-order valence-corrected chi connectivity index (χ2v) is 7.42. The quantitative estimate of drug-likeness (QED) is 0.809. The molecule has 0 bridgehead atoms. The fraction of sp³-hybridized carbons (Fsp3) is 0.389. The van der Waals surface area contributed by atoms with Gasteiger partial charge in [-0.2, -0.15) is 0 Å². The average Bonchev–Trinajstić information content (AvgIpc) is 2.64. The van der Waals surface area contributed by atoms with Gasteiger partial charge in [0.2, 0.25) is 5.95 Å². The van der Waals surface area contributed by atoms with Crippen LogP contribution in [-0.2, 0) is 0 Å². The number of nitrogens with zero attached hydrogens (tertiary/aromatic N) is 3. The van der Waals surface area contributed by atoms with Crippen molar-refractivity contribution in [3.05, 3.63) is 55.9 Å². The lowest BCUT2D eigenvalue weighted by Gasteiger charge is -2.32. The van der Waals surface area contributed by atoms with Crippen molar-refractivity contribution in [2.45, 2.75) is 13.0 Å². The van der Waals surface area contributed by atoms with Crippen LogP contribution in [0.25, 0.3) is 0 Å². The van der Waals surface area contributed by atoms with Crippen molar-refractivity contribution in [3.8, 4) is 0 Å². The molecule has 1 atom stereocenters. The van der Waals surface area contributed by atoms with E-state index in [0.29, 0.717) is 27.3 Å². The van der Waals surface area contributed by atoms with E-state index in [9.17, 15) is 9.59 Å². The minimum atomic E-state index is -0.444. The van der Waals surface area contributed by atoms with E-state index in [1.54, 1.807) is 19.1 Å². The summed E-state index contributed by atoms with van der Waals surface area (Å²) >= 11 is 11.9. The second kappa shape index (κ2) is 8.29. The molecule has 1 aromatic carbocycles. The van der Waals surface area contributed by atoms with E-state index in [1.807, 2.05) is 4.90 Å². The topological polar surface area (TPSA) is 81.3 Å². The Hall–Kier alpha value is -2.09. The molecule has 1 saturated heterocycles. The molecule has 2 N–H and O–H groups in total. The standard InChI is InChI=1S/C18H21Cl2N5O2/c1-11(21-17(27)12-3-4-13(19)14(20)9-12)15-10-16(26)23-18(22-15)25-7-5-24(2)6-8-25/h3-4,9-11H,5-8H2,1-2H3,(H,21,27)(H,22,23,26). The minimum absolute atomic E-state index is 0.246. The van der Waals surface area contributed by atoms with E-state index >= 15 is 0 Å². The Kier molecular flexibility index (Phi) is 6.04. The van der Waals surface area contributed by atoms with Crippen LogP contribution in [0.1, 0.15) is 29.0 Å². The van der Waals surface area contributed by atoms with Crippen LogP contribution in [0.3, 0.4) is 0 Å². The first-order chi connectivity index (χ1) is 12.8. The van der Waals surface area contributed by atoms with Gasteiger partial charge < -0.3 is 15.1 Å². The van der Waals surface area contributed by atoms with E-state index in [1.165, 1.54) is 12.1 Å². The highest BCUT2D eigenvalue weighted by atomic mass is 35.5. The summed E-state index contributed by atoms with van der Waals surface area (Å²) in [4.78, 5) is 36.1. The van der Waals surface area contributed by atoms with E-state index in [4.69, 9.17) is 23.2 Å². The van der Waals surface area contributed by atoms with E-state index in [2.05, 4.69) is 27.2 Å². The number of carbonyl (C=O) groups excluding carboxylic acids is 1. The summed E-state index contributed by atoms with van der Waals surface area (Å²) in [6, 6.07) is 5.63. The molecule has 1 unspecified atom stereocenters. The number of benzene rings is 1. The molecule has 2 aromatic rings. The number of aromatic amines is 1. The van der Waals surface area contributed by atoms with E-state index < -0.39 is 6.04 Å². The second-order valence-electron chi connectivity index (χ2n) is 6.61. The Labute approximate surface area is 167 Å². The fourth-order valence-corrected chi connectivity index (χ4v) is 3.14. The van der Waals surface area contributed by atoms with Gasteiger partial charge in [0, 0.05) is 37.8 Å². The summed E-state index contributed by atoms with van der Waals surface area (Å²) in [7, 11) is 2.06. The van der Waals surface area contributed by atoms with Gasteiger partial charge in [-0.05, 0) is 32.2 Å². The van der Waals surface area contributed by atoms with Crippen molar-refractivity contribution in [1.82, 2.24) is 20.2 Å². The van der Waals surface area contributed by atoms with Crippen LogP contribution in [0.4, 0.5) is 5.95 Å². The smallest absolute Gasteiger partial charge is 0.252 e. The largest absolute Gasteiger partial charge is 0.344 e. The zero-order chi connectivity index (χ0) is 19.6. The number of piperazine rings is 1. The SMILES string of the molecule is CC(NC(=O)c1ccc(Cl)c(Cl)c1)c1cc(=O)[nH]c(N2CCN(C)CC2)n1. The third-order valence-electron chi connectivity index (χ3n) is 4.52. The van der Waals surface area contributed by atoms with Crippen LogP contribution in [0.15, 0.2) is 29.1 Å². The molecule has 1 fully saturated rings. The number of likely N-dealkylation sites (N-methyl/N-ethyl adjacent to an activating group) is 1. The van der Waals surface area contributed by atoms with Crippen molar-refractivity contribution in [3.63, 3.8) is 0 Å². The van der Waals surface area contributed by atoms with Crippen LogP contribution < -0.4 is 15.8 Å². The summed E-state index contributed by atoms with van der Waals surface area (Å²) in [5.74, 6) is 0.213. The highest BCUT2D eigenvalue weighted by Crippen LogP contribution is 2.23. The lowest BCUT2D eigenvalue weighted by atomic mass is 10.1. The number of amides is 1. The van der Waals surface area contributed by atoms with Crippen molar-refractivity contribution in [2.24, 2.45) is 0 Å². The Morgan fingerprint density at radius 1 is 1.19 bits per heavy atom. The minimum Gasteiger partial charge on any atom is -0.344 e. The maximum Gasteiger partial charge on any atom is 0.252 e. The summed E-state index contributed by atoms with van der Waals surface area (Å²) in [5.41, 5.74) is 0.644. The molecule has 1 aliphatic rings. The molecule has 144 valence electrons. The summed E-state index contributed by atoms with van der Waals surface area (Å²) < 4.78 is 0. The highest BCUT2D eigenvalue weighted by Gasteiger charge is 2.19. The highest BCUT2D eigenvalue weighted by molar-refractivity contribution is 6.42.